The summed E-state index contributed by atoms with van der Waals surface area (Å²) in [5.74, 6) is 0.221. The van der Waals surface area contributed by atoms with E-state index >= 15 is 0 Å². The van der Waals surface area contributed by atoms with Crippen LogP contribution in [0, 0.1) is 0 Å². The molecule has 1 saturated carbocycles. The van der Waals surface area contributed by atoms with Crippen molar-refractivity contribution in [1.82, 2.24) is 5.32 Å². The molecule has 0 heterocycles. The fourth-order valence-corrected chi connectivity index (χ4v) is 1.89. The summed E-state index contributed by atoms with van der Waals surface area (Å²) in [6.45, 7) is -3.01. The number of nitrogens with one attached hydrogen (secondary N) is 1. The Labute approximate surface area is 110 Å². The highest BCUT2D eigenvalue weighted by molar-refractivity contribution is 5.44. The number of methoxy groups -OCH3 is 1. The van der Waals surface area contributed by atoms with Crippen molar-refractivity contribution < 1.29 is 23.4 Å². The maximum atomic E-state index is 12.3. The lowest BCUT2D eigenvalue weighted by Crippen LogP contribution is -2.26. The van der Waals surface area contributed by atoms with Crippen LogP contribution in [0.25, 0.3) is 0 Å². The number of halogens is 2. The van der Waals surface area contributed by atoms with E-state index in [0.29, 0.717) is 11.6 Å². The minimum absolute atomic E-state index is 0.0222. The zero-order chi connectivity index (χ0) is 13.8. The van der Waals surface area contributed by atoms with Gasteiger partial charge in [0.1, 0.15) is 0 Å². The molecule has 0 amide bonds. The SMILES string of the molecule is COc1ccc(C(CO)NC2CC2)cc1OC(F)F. The maximum absolute atomic E-state index is 12.3. The Kier molecular flexibility index (Phi) is 4.55. The van der Waals surface area contributed by atoms with Crippen LogP contribution in [0.3, 0.4) is 0 Å². The van der Waals surface area contributed by atoms with Crippen LogP contribution < -0.4 is 14.8 Å². The normalized spacial score (nSPS) is 16.5. The molecule has 0 spiro atoms. The second-order valence-electron chi connectivity index (χ2n) is 4.46. The van der Waals surface area contributed by atoms with Crippen LogP contribution >= 0.6 is 0 Å². The topological polar surface area (TPSA) is 50.7 Å². The summed E-state index contributed by atoms with van der Waals surface area (Å²) in [6.07, 6.45) is 2.15. The average molecular weight is 273 g/mol. The highest BCUT2D eigenvalue weighted by Crippen LogP contribution is 2.32. The van der Waals surface area contributed by atoms with Gasteiger partial charge in [0.15, 0.2) is 11.5 Å². The number of aliphatic hydroxyl groups excluding tert-OH is 1. The molecule has 1 aliphatic carbocycles. The van der Waals surface area contributed by atoms with Crippen molar-refractivity contribution in [2.24, 2.45) is 0 Å². The van der Waals surface area contributed by atoms with Gasteiger partial charge in [-0.2, -0.15) is 8.78 Å². The van der Waals surface area contributed by atoms with Gasteiger partial charge >= 0.3 is 6.61 Å². The highest BCUT2D eigenvalue weighted by atomic mass is 19.3. The summed E-state index contributed by atoms with van der Waals surface area (Å²) in [5.41, 5.74) is 0.700. The molecular formula is C13H17F2NO3. The predicted octanol–water partition coefficient (Wildman–Crippen LogP) is 2.08. The molecule has 0 aliphatic heterocycles. The van der Waals surface area contributed by atoms with Crippen molar-refractivity contribution in [3.63, 3.8) is 0 Å². The maximum Gasteiger partial charge on any atom is 0.387 e. The number of benzene rings is 1. The minimum atomic E-state index is -2.91. The van der Waals surface area contributed by atoms with E-state index in [2.05, 4.69) is 10.1 Å². The Morgan fingerprint density at radius 1 is 1.37 bits per heavy atom. The van der Waals surface area contributed by atoms with Gasteiger partial charge in [0.05, 0.1) is 19.8 Å². The fraction of sp³-hybridized carbons (Fsp3) is 0.538. The number of aliphatic hydroxyl groups is 1. The molecule has 1 aromatic carbocycles. The minimum Gasteiger partial charge on any atom is -0.493 e. The molecular weight excluding hydrogens is 256 g/mol. The van der Waals surface area contributed by atoms with Gasteiger partial charge in [-0.05, 0) is 30.5 Å². The van der Waals surface area contributed by atoms with Gasteiger partial charge in [0.2, 0.25) is 0 Å². The summed E-state index contributed by atoms with van der Waals surface area (Å²) < 4.78 is 34.0. The summed E-state index contributed by atoms with van der Waals surface area (Å²) in [7, 11) is 1.39. The molecule has 19 heavy (non-hydrogen) atoms. The molecule has 0 radical (unpaired) electrons. The van der Waals surface area contributed by atoms with Gasteiger partial charge in [-0.3, -0.25) is 0 Å². The Bertz CT molecular complexity index is 424. The first kappa shape index (κ1) is 14.0. The van der Waals surface area contributed by atoms with Crippen molar-refractivity contribution in [1.29, 1.82) is 0 Å². The standard InChI is InChI=1S/C13H17F2NO3/c1-18-11-5-2-8(6-12(11)19-13(14)15)10(7-17)16-9-3-4-9/h2,5-6,9-10,13,16-17H,3-4,7H2,1H3. The lowest BCUT2D eigenvalue weighted by atomic mass is 10.1. The number of hydrogen-bond acceptors (Lipinski definition) is 4. The first-order valence-electron chi connectivity index (χ1n) is 6.13. The smallest absolute Gasteiger partial charge is 0.387 e. The molecule has 4 nitrogen and oxygen atoms in total. The second kappa shape index (κ2) is 6.16. The molecule has 6 heteroatoms. The molecule has 2 rings (SSSR count). The Hall–Kier alpha value is -1.40. The molecule has 0 saturated heterocycles. The summed E-state index contributed by atoms with van der Waals surface area (Å²) in [6, 6.07) is 4.89. The fourth-order valence-electron chi connectivity index (χ4n) is 1.89. The van der Waals surface area contributed by atoms with E-state index in [9.17, 15) is 13.9 Å². The van der Waals surface area contributed by atoms with E-state index in [1.54, 1.807) is 12.1 Å². The first-order chi connectivity index (χ1) is 9.13. The van der Waals surface area contributed by atoms with Crippen LogP contribution in [0.15, 0.2) is 18.2 Å². The number of ether oxygens (including phenoxy) is 2. The summed E-state index contributed by atoms with van der Waals surface area (Å²) in [4.78, 5) is 0. The lowest BCUT2D eigenvalue weighted by molar-refractivity contribution is -0.0512. The van der Waals surface area contributed by atoms with Gasteiger partial charge in [0.25, 0.3) is 0 Å². The zero-order valence-electron chi connectivity index (χ0n) is 10.6. The van der Waals surface area contributed by atoms with E-state index in [1.165, 1.54) is 13.2 Å². The molecule has 1 fully saturated rings. The van der Waals surface area contributed by atoms with Crippen LogP contribution in [0.5, 0.6) is 11.5 Å². The van der Waals surface area contributed by atoms with Crippen molar-refractivity contribution in [3.05, 3.63) is 23.8 Å². The molecule has 1 aromatic rings. The third kappa shape index (κ3) is 3.78. The van der Waals surface area contributed by atoms with Gasteiger partial charge < -0.3 is 19.9 Å². The molecule has 1 atom stereocenters. The van der Waals surface area contributed by atoms with Crippen molar-refractivity contribution in [2.75, 3.05) is 13.7 Å². The number of hydrogen-bond donors (Lipinski definition) is 2. The molecule has 1 aliphatic rings. The molecule has 106 valence electrons. The number of alkyl halides is 2. The Morgan fingerprint density at radius 3 is 2.63 bits per heavy atom. The van der Waals surface area contributed by atoms with Gasteiger partial charge in [-0.1, -0.05) is 6.07 Å². The lowest BCUT2D eigenvalue weighted by Gasteiger charge is -2.18. The quantitative estimate of drug-likeness (QED) is 0.798. The van der Waals surface area contributed by atoms with Crippen LogP contribution in [0.1, 0.15) is 24.4 Å². The van der Waals surface area contributed by atoms with Crippen LogP contribution in [0.4, 0.5) is 8.78 Å². The second-order valence-corrected chi connectivity index (χ2v) is 4.46. The first-order valence-corrected chi connectivity index (χ1v) is 6.13. The van der Waals surface area contributed by atoms with E-state index in [-0.39, 0.29) is 24.1 Å². The molecule has 0 aromatic heterocycles. The monoisotopic (exact) mass is 273 g/mol. The van der Waals surface area contributed by atoms with Crippen LogP contribution in [0.2, 0.25) is 0 Å². The third-order valence-electron chi connectivity index (χ3n) is 3.00. The summed E-state index contributed by atoms with van der Waals surface area (Å²) in [5, 5.41) is 12.6. The van der Waals surface area contributed by atoms with Crippen molar-refractivity contribution in [3.8, 4) is 11.5 Å². The van der Waals surface area contributed by atoms with Gasteiger partial charge in [-0.25, -0.2) is 0 Å². The van der Waals surface area contributed by atoms with Crippen molar-refractivity contribution >= 4 is 0 Å². The van der Waals surface area contributed by atoms with E-state index in [0.717, 1.165) is 12.8 Å². The van der Waals surface area contributed by atoms with Crippen molar-refractivity contribution in [2.45, 2.75) is 31.5 Å². The van der Waals surface area contributed by atoms with E-state index in [1.807, 2.05) is 0 Å². The predicted molar refractivity (Wildman–Crippen MR) is 65.6 cm³/mol. The van der Waals surface area contributed by atoms with Gasteiger partial charge in [-0.15, -0.1) is 0 Å². The van der Waals surface area contributed by atoms with E-state index in [4.69, 9.17) is 4.74 Å². The molecule has 2 N–H and O–H groups in total. The largest absolute Gasteiger partial charge is 0.493 e. The van der Waals surface area contributed by atoms with Crippen LogP contribution in [-0.2, 0) is 0 Å². The Balaban J connectivity index is 2.18. The van der Waals surface area contributed by atoms with E-state index < -0.39 is 6.61 Å². The molecule has 1 unspecified atom stereocenters. The summed E-state index contributed by atoms with van der Waals surface area (Å²) >= 11 is 0. The Morgan fingerprint density at radius 2 is 2.11 bits per heavy atom. The number of rotatable bonds is 7. The third-order valence-corrected chi connectivity index (χ3v) is 3.00. The zero-order valence-corrected chi connectivity index (χ0v) is 10.6. The van der Waals surface area contributed by atoms with Gasteiger partial charge in [0, 0.05) is 6.04 Å². The van der Waals surface area contributed by atoms with Crippen LogP contribution in [-0.4, -0.2) is 31.5 Å². The molecule has 0 bridgehead atoms. The highest BCUT2D eigenvalue weighted by Gasteiger charge is 2.25. The average Bonchev–Trinajstić information content (AvgIpc) is 3.19.